The largest absolute Gasteiger partial charge is 0.318 e. The number of hydrogen-bond acceptors (Lipinski definition) is 7. The van der Waals surface area contributed by atoms with Crippen molar-refractivity contribution in [1.82, 2.24) is 14.8 Å². The van der Waals surface area contributed by atoms with Gasteiger partial charge in [-0.15, -0.1) is 10.2 Å². The molecule has 1 aromatic heterocycles. The van der Waals surface area contributed by atoms with Crippen molar-refractivity contribution < 1.29 is 4.92 Å². The highest BCUT2D eigenvalue weighted by atomic mass is 32.2. The van der Waals surface area contributed by atoms with Crippen LogP contribution in [0.25, 0.3) is 0 Å². The molecule has 106 valence electrons. The van der Waals surface area contributed by atoms with Crippen LogP contribution in [0.5, 0.6) is 0 Å². The highest BCUT2D eigenvalue weighted by molar-refractivity contribution is 7.98. The van der Waals surface area contributed by atoms with Crippen LogP contribution < -0.4 is 11.3 Å². The van der Waals surface area contributed by atoms with E-state index in [9.17, 15) is 10.1 Å². The van der Waals surface area contributed by atoms with E-state index >= 15 is 0 Å². The number of aryl methyl sites for hydroxylation is 1. The second-order valence-corrected chi connectivity index (χ2v) is 5.07. The number of nitrogen functional groups attached to an aromatic ring is 1. The molecule has 3 N–H and O–H groups in total. The molecule has 20 heavy (non-hydrogen) atoms. The molecule has 0 aliphatic heterocycles. The van der Waals surface area contributed by atoms with Gasteiger partial charge in [0.25, 0.3) is 5.69 Å². The number of hydrazine groups is 1. The number of rotatable bonds is 5. The summed E-state index contributed by atoms with van der Waals surface area (Å²) in [6.07, 6.45) is 0. The Balaban J connectivity index is 2.14. The molecular formula is C11H14N6O2S. The van der Waals surface area contributed by atoms with Crippen molar-refractivity contribution in [2.75, 3.05) is 5.43 Å². The minimum absolute atomic E-state index is 0.0456. The molecule has 0 saturated heterocycles. The Kier molecular flexibility index (Phi) is 4.20. The molecule has 0 radical (unpaired) electrons. The zero-order valence-corrected chi connectivity index (χ0v) is 11.8. The Hall–Kier alpha value is -2.13. The van der Waals surface area contributed by atoms with E-state index in [0.717, 1.165) is 16.5 Å². The molecule has 1 heterocycles. The number of benzene rings is 1. The van der Waals surface area contributed by atoms with Crippen LogP contribution in [0.3, 0.4) is 0 Å². The van der Waals surface area contributed by atoms with Gasteiger partial charge in [0.1, 0.15) is 11.5 Å². The third-order valence-electron chi connectivity index (χ3n) is 2.83. The van der Waals surface area contributed by atoms with Crippen LogP contribution in [-0.2, 0) is 12.8 Å². The Morgan fingerprint density at radius 3 is 2.80 bits per heavy atom. The normalized spacial score (nSPS) is 10.6. The SMILES string of the molecule is Cc1nnc(SCc2ccc([N+](=O)[O-])c(NN)c2)n1C. The standard InChI is InChI=1S/C11H14N6O2S/c1-7-14-15-11(16(7)2)20-6-8-3-4-10(17(18)19)9(5-8)13-12/h3-5,13H,6,12H2,1-2H3. The average molecular weight is 294 g/mol. The topological polar surface area (TPSA) is 112 Å². The van der Waals surface area contributed by atoms with E-state index in [1.165, 1.54) is 17.8 Å². The van der Waals surface area contributed by atoms with E-state index in [-0.39, 0.29) is 5.69 Å². The minimum atomic E-state index is -0.474. The maximum atomic E-state index is 10.8. The maximum Gasteiger partial charge on any atom is 0.293 e. The molecule has 0 aliphatic rings. The van der Waals surface area contributed by atoms with Crippen LogP contribution in [0.4, 0.5) is 11.4 Å². The third-order valence-corrected chi connectivity index (χ3v) is 3.93. The molecule has 1 aromatic carbocycles. The summed E-state index contributed by atoms with van der Waals surface area (Å²) >= 11 is 1.51. The Morgan fingerprint density at radius 2 is 2.25 bits per heavy atom. The number of thioether (sulfide) groups is 1. The predicted molar refractivity (Wildman–Crippen MR) is 76.2 cm³/mol. The Labute approximate surface area is 119 Å². The van der Waals surface area contributed by atoms with Gasteiger partial charge in [-0.25, -0.2) is 0 Å². The first-order valence-electron chi connectivity index (χ1n) is 5.75. The monoisotopic (exact) mass is 294 g/mol. The highest BCUT2D eigenvalue weighted by Crippen LogP contribution is 2.28. The lowest BCUT2D eigenvalue weighted by Gasteiger charge is -2.05. The number of hydrogen-bond donors (Lipinski definition) is 2. The summed E-state index contributed by atoms with van der Waals surface area (Å²) in [5.41, 5.74) is 3.51. The van der Waals surface area contributed by atoms with E-state index in [0.29, 0.717) is 11.4 Å². The van der Waals surface area contributed by atoms with Gasteiger partial charge < -0.3 is 9.99 Å². The Bertz CT molecular complexity index is 642. The molecule has 0 saturated carbocycles. The van der Waals surface area contributed by atoms with E-state index in [4.69, 9.17) is 5.84 Å². The van der Waals surface area contributed by atoms with Gasteiger partial charge in [0.2, 0.25) is 0 Å². The summed E-state index contributed by atoms with van der Waals surface area (Å²) in [4.78, 5) is 10.3. The number of aromatic nitrogens is 3. The van der Waals surface area contributed by atoms with Crippen LogP contribution in [0.1, 0.15) is 11.4 Å². The van der Waals surface area contributed by atoms with Gasteiger partial charge in [-0.05, 0) is 18.6 Å². The third kappa shape index (κ3) is 2.89. The lowest BCUT2D eigenvalue weighted by Crippen LogP contribution is -2.09. The van der Waals surface area contributed by atoms with Crippen molar-refractivity contribution in [3.8, 4) is 0 Å². The first-order valence-corrected chi connectivity index (χ1v) is 6.74. The van der Waals surface area contributed by atoms with Gasteiger partial charge in [0, 0.05) is 18.9 Å². The molecule has 9 heteroatoms. The van der Waals surface area contributed by atoms with Gasteiger partial charge in [-0.1, -0.05) is 17.8 Å². The molecule has 8 nitrogen and oxygen atoms in total. The van der Waals surface area contributed by atoms with Crippen molar-refractivity contribution in [2.24, 2.45) is 12.9 Å². The molecule has 0 unspecified atom stereocenters. The van der Waals surface area contributed by atoms with Gasteiger partial charge >= 0.3 is 0 Å². The van der Waals surface area contributed by atoms with E-state index in [2.05, 4.69) is 15.6 Å². The van der Waals surface area contributed by atoms with Crippen molar-refractivity contribution >= 4 is 23.1 Å². The molecule has 0 fully saturated rings. The van der Waals surface area contributed by atoms with Gasteiger partial charge in [-0.3, -0.25) is 16.0 Å². The average Bonchev–Trinajstić information content (AvgIpc) is 2.76. The minimum Gasteiger partial charge on any atom is -0.318 e. The van der Waals surface area contributed by atoms with Crippen LogP contribution in [-0.4, -0.2) is 19.7 Å². The zero-order chi connectivity index (χ0) is 14.7. The summed E-state index contributed by atoms with van der Waals surface area (Å²) in [7, 11) is 1.89. The Morgan fingerprint density at radius 1 is 1.50 bits per heavy atom. The maximum absolute atomic E-state index is 10.8. The number of nitro benzene ring substituents is 1. The fourth-order valence-corrected chi connectivity index (χ4v) is 2.51. The molecule has 0 atom stereocenters. The smallest absolute Gasteiger partial charge is 0.293 e. The van der Waals surface area contributed by atoms with Crippen molar-refractivity contribution in [3.05, 3.63) is 39.7 Å². The predicted octanol–water partition coefficient (Wildman–Crippen LogP) is 1.61. The fourth-order valence-electron chi connectivity index (χ4n) is 1.61. The summed E-state index contributed by atoms with van der Waals surface area (Å²) in [6, 6.07) is 4.80. The summed E-state index contributed by atoms with van der Waals surface area (Å²) in [5.74, 6) is 6.76. The van der Waals surface area contributed by atoms with Crippen molar-refractivity contribution in [2.45, 2.75) is 17.8 Å². The molecule has 0 bridgehead atoms. The van der Waals surface area contributed by atoms with Crippen molar-refractivity contribution in [1.29, 1.82) is 0 Å². The van der Waals surface area contributed by atoms with E-state index in [1.807, 2.05) is 18.5 Å². The van der Waals surface area contributed by atoms with Crippen LogP contribution >= 0.6 is 11.8 Å². The summed E-state index contributed by atoms with van der Waals surface area (Å²) < 4.78 is 1.89. The number of nitrogens with one attached hydrogen (secondary N) is 1. The highest BCUT2D eigenvalue weighted by Gasteiger charge is 2.14. The first kappa shape index (κ1) is 14.3. The fraction of sp³-hybridized carbons (Fsp3) is 0.273. The lowest BCUT2D eigenvalue weighted by atomic mass is 10.2. The molecular weight excluding hydrogens is 280 g/mol. The van der Waals surface area contributed by atoms with Crippen LogP contribution in [0, 0.1) is 17.0 Å². The van der Waals surface area contributed by atoms with Crippen LogP contribution in [0.15, 0.2) is 23.4 Å². The van der Waals surface area contributed by atoms with Gasteiger partial charge in [0.15, 0.2) is 5.16 Å². The van der Waals surface area contributed by atoms with Gasteiger partial charge in [0.05, 0.1) is 4.92 Å². The molecule has 0 amide bonds. The quantitative estimate of drug-likeness (QED) is 0.373. The molecule has 0 aliphatic carbocycles. The lowest BCUT2D eigenvalue weighted by molar-refractivity contribution is -0.384. The number of nitrogens with two attached hydrogens (primary N) is 1. The number of anilines is 1. The molecule has 0 spiro atoms. The zero-order valence-electron chi connectivity index (χ0n) is 11.0. The molecule has 2 rings (SSSR count). The van der Waals surface area contributed by atoms with Crippen LogP contribution in [0.2, 0.25) is 0 Å². The first-order chi connectivity index (χ1) is 9.52. The van der Waals surface area contributed by atoms with Gasteiger partial charge in [-0.2, -0.15) is 0 Å². The molecule has 2 aromatic rings. The van der Waals surface area contributed by atoms with E-state index < -0.39 is 4.92 Å². The number of nitrogens with zero attached hydrogens (tertiary/aromatic N) is 4. The number of nitro groups is 1. The summed E-state index contributed by atoms with van der Waals surface area (Å²) in [6.45, 7) is 1.87. The second-order valence-electron chi connectivity index (χ2n) is 4.13. The van der Waals surface area contributed by atoms with E-state index in [1.54, 1.807) is 12.1 Å². The van der Waals surface area contributed by atoms with Crippen molar-refractivity contribution in [3.63, 3.8) is 0 Å². The summed E-state index contributed by atoms with van der Waals surface area (Å²) in [5, 5.41) is 19.6. The second kappa shape index (κ2) is 5.88.